The Morgan fingerprint density at radius 3 is 2.40 bits per heavy atom. The number of halogens is 1. The van der Waals surface area contributed by atoms with E-state index in [-0.39, 0.29) is 34.7 Å². The van der Waals surface area contributed by atoms with Crippen molar-refractivity contribution in [3.63, 3.8) is 0 Å². The summed E-state index contributed by atoms with van der Waals surface area (Å²) in [5.41, 5.74) is 13.4. The molecule has 4 heterocycles. The highest BCUT2D eigenvalue weighted by Gasteiger charge is 2.22. The molecule has 3 aromatic rings. The smallest absolute Gasteiger partial charge is 0.370 e. The number of nitrogens with zero attached hydrogens (tertiary/aromatic N) is 5. The fourth-order valence-corrected chi connectivity index (χ4v) is 3.57. The second kappa shape index (κ2) is 10.7. The van der Waals surface area contributed by atoms with E-state index in [9.17, 15) is 14.3 Å². The fourth-order valence-electron chi connectivity index (χ4n) is 3.57. The maximum Gasteiger partial charge on any atom is 0.370 e. The van der Waals surface area contributed by atoms with Crippen molar-refractivity contribution in [3.8, 4) is 28.4 Å². The van der Waals surface area contributed by atoms with Gasteiger partial charge in [-0.1, -0.05) is 0 Å². The van der Waals surface area contributed by atoms with Crippen LogP contribution >= 0.6 is 0 Å². The van der Waals surface area contributed by atoms with Crippen molar-refractivity contribution in [2.24, 2.45) is 0 Å². The van der Waals surface area contributed by atoms with Crippen LogP contribution in [0.3, 0.4) is 0 Å². The Bertz CT molecular complexity index is 1230. The van der Waals surface area contributed by atoms with Crippen LogP contribution in [-0.4, -0.2) is 66.3 Å². The van der Waals surface area contributed by atoms with Crippen LogP contribution in [0.15, 0.2) is 42.8 Å². The third-order valence-corrected chi connectivity index (χ3v) is 5.46. The lowest BCUT2D eigenvalue weighted by molar-refractivity contribution is -0.135. The summed E-state index contributed by atoms with van der Waals surface area (Å²) in [5.74, 6) is -2.78. The van der Waals surface area contributed by atoms with Crippen LogP contribution in [0.2, 0.25) is 0 Å². The Morgan fingerprint density at radius 1 is 1.11 bits per heavy atom. The largest absolute Gasteiger partial charge is 0.506 e. The highest BCUT2D eigenvalue weighted by atomic mass is 19.1. The van der Waals surface area contributed by atoms with E-state index in [1.807, 2.05) is 0 Å². The van der Waals surface area contributed by atoms with Crippen LogP contribution in [0.4, 0.5) is 16.2 Å². The zero-order valence-electron chi connectivity index (χ0n) is 19.0. The van der Waals surface area contributed by atoms with Gasteiger partial charge in [-0.05, 0) is 63.8 Å². The van der Waals surface area contributed by atoms with Crippen molar-refractivity contribution in [3.05, 3.63) is 54.3 Å². The number of pyridine rings is 2. The number of carbonyl (C=O) groups is 1. The summed E-state index contributed by atoms with van der Waals surface area (Å²) in [5, 5.41) is 25.9. The first-order chi connectivity index (χ1) is 16.6. The minimum atomic E-state index is -1.38. The molecule has 0 aliphatic carbocycles. The lowest BCUT2D eigenvalue weighted by Gasteiger charge is -2.28. The number of aliphatic hydroxyl groups excluding tert-OH is 1. The summed E-state index contributed by atoms with van der Waals surface area (Å²) in [6.45, 7) is 4.67. The van der Waals surface area contributed by atoms with Crippen molar-refractivity contribution in [2.45, 2.75) is 18.8 Å². The number of rotatable bonds is 4. The number of anilines is 2. The second-order valence-corrected chi connectivity index (χ2v) is 7.99. The normalized spacial score (nSPS) is 14.1. The number of aromatic hydroxyl groups is 1. The van der Waals surface area contributed by atoms with Gasteiger partial charge in [0.2, 0.25) is 5.95 Å². The van der Waals surface area contributed by atoms with Crippen molar-refractivity contribution < 1.29 is 24.5 Å². The first kappa shape index (κ1) is 25.3. The molecular formula is C23H26FN7O4. The summed E-state index contributed by atoms with van der Waals surface area (Å²) in [4.78, 5) is 28.4. The van der Waals surface area contributed by atoms with Gasteiger partial charge in [0.25, 0.3) is 0 Å². The molecule has 0 radical (unpaired) electrons. The Balaban J connectivity index is 0.000000509. The van der Waals surface area contributed by atoms with Gasteiger partial charge in [0.1, 0.15) is 11.4 Å². The van der Waals surface area contributed by atoms with Crippen LogP contribution in [0.1, 0.15) is 24.5 Å². The predicted molar refractivity (Wildman–Crippen MR) is 128 cm³/mol. The Morgan fingerprint density at radius 2 is 1.77 bits per heavy atom. The van der Waals surface area contributed by atoms with Gasteiger partial charge in [0.05, 0.1) is 11.4 Å². The first-order valence-electron chi connectivity index (χ1n) is 10.6. The van der Waals surface area contributed by atoms with E-state index in [2.05, 4.69) is 38.5 Å². The lowest BCUT2D eigenvalue weighted by Crippen LogP contribution is -2.29. The third-order valence-electron chi connectivity index (χ3n) is 5.46. The highest BCUT2D eigenvalue weighted by Crippen LogP contribution is 2.34. The highest BCUT2D eigenvalue weighted by molar-refractivity contribution is 5.82. The van der Waals surface area contributed by atoms with Crippen LogP contribution in [-0.2, 0) is 4.79 Å². The number of aliphatic carboxylic acids is 1. The summed E-state index contributed by atoms with van der Waals surface area (Å²) in [6, 6.07) is 6.24. The van der Waals surface area contributed by atoms with Gasteiger partial charge >= 0.3 is 5.97 Å². The van der Waals surface area contributed by atoms with Gasteiger partial charge in [0, 0.05) is 23.4 Å². The zero-order valence-corrected chi connectivity index (χ0v) is 19.0. The Kier molecular flexibility index (Phi) is 7.76. The number of nitrogens with two attached hydrogens (primary N) is 2. The fraction of sp³-hybridized carbons (Fsp3) is 0.261. The molecule has 7 N–H and O–H groups in total. The van der Waals surface area contributed by atoms with Gasteiger partial charge in [-0.3, -0.25) is 0 Å². The molecule has 0 atom stereocenters. The quantitative estimate of drug-likeness (QED) is 0.271. The SMILES string of the molecule is C=C(O)C(=O)O.CN1CCC(c2cc(-c3nc(-c4ccnc(N)c4F)ccc3O)nc(N)n2)CC1. The molecule has 4 rings (SSSR count). The van der Waals surface area contributed by atoms with Crippen molar-refractivity contribution in [1.82, 2.24) is 24.8 Å². The summed E-state index contributed by atoms with van der Waals surface area (Å²) >= 11 is 0. The van der Waals surface area contributed by atoms with E-state index >= 15 is 0 Å². The first-order valence-corrected chi connectivity index (χ1v) is 10.6. The van der Waals surface area contributed by atoms with Crippen molar-refractivity contribution >= 4 is 17.7 Å². The van der Waals surface area contributed by atoms with Gasteiger partial charge in [-0.25, -0.2) is 29.1 Å². The Hall–Kier alpha value is -4.32. The topological polar surface area (TPSA) is 185 Å². The molecule has 0 saturated carbocycles. The molecule has 0 bridgehead atoms. The number of piperidine rings is 1. The number of likely N-dealkylation sites (tertiary alicyclic amines) is 1. The summed E-state index contributed by atoms with van der Waals surface area (Å²) in [6.07, 6.45) is 3.34. The standard InChI is InChI=1S/C20H22FN7O.C3H4O3/c1-28-8-5-11(6-9-28)14-10-15(27-20(23)26-14)18-16(29)3-2-13(25-18)12-4-7-24-19(22)17(12)21;1-2(4)3(5)6/h2-4,7,10-11,29H,5-6,8-9H2,1H3,(H2,22,24)(H2,23,26,27);4H,1H2,(H,5,6). The van der Waals surface area contributed by atoms with Crippen LogP contribution in [0, 0.1) is 5.82 Å². The maximum atomic E-state index is 14.4. The number of carboxylic acid groups (broad SMARTS) is 1. The minimum Gasteiger partial charge on any atom is -0.506 e. The van der Waals surface area contributed by atoms with Crippen LogP contribution < -0.4 is 11.5 Å². The molecule has 1 saturated heterocycles. The van der Waals surface area contributed by atoms with E-state index in [1.165, 1.54) is 24.4 Å². The molecule has 11 nitrogen and oxygen atoms in total. The number of nitrogen functional groups attached to an aromatic ring is 2. The molecule has 1 aliphatic rings. The molecule has 0 unspecified atom stereocenters. The number of aromatic nitrogens is 4. The average molecular weight is 484 g/mol. The van der Waals surface area contributed by atoms with E-state index in [0.717, 1.165) is 31.6 Å². The molecule has 1 fully saturated rings. The molecule has 0 spiro atoms. The molecule has 0 aromatic carbocycles. The van der Waals surface area contributed by atoms with Crippen LogP contribution in [0.5, 0.6) is 5.75 Å². The van der Waals surface area contributed by atoms with Gasteiger partial charge in [-0.2, -0.15) is 0 Å². The molecule has 0 amide bonds. The molecular weight excluding hydrogens is 457 g/mol. The summed E-state index contributed by atoms with van der Waals surface area (Å²) < 4.78 is 14.4. The Labute approximate surface area is 200 Å². The minimum absolute atomic E-state index is 0.0800. The summed E-state index contributed by atoms with van der Waals surface area (Å²) in [7, 11) is 2.09. The number of hydrogen-bond donors (Lipinski definition) is 5. The second-order valence-electron chi connectivity index (χ2n) is 7.99. The van der Waals surface area contributed by atoms with Gasteiger partial charge in [-0.15, -0.1) is 0 Å². The van der Waals surface area contributed by atoms with E-state index < -0.39 is 17.5 Å². The van der Waals surface area contributed by atoms with Crippen LogP contribution in [0.25, 0.3) is 22.6 Å². The van der Waals surface area contributed by atoms with Crippen molar-refractivity contribution in [1.29, 1.82) is 0 Å². The predicted octanol–water partition coefficient (Wildman–Crippen LogP) is 2.56. The lowest BCUT2D eigenvalue weighted by atomic mass is 9.93. The molecule has 184 valence electrons. The third kappa shape index (κ3) is 6.18. The zero-order chi connectivity index (χ0) is 25.7. The number of aliphatic hydroxyl groups is 1. The molecule has 12 heteroatoms. The molecule has 3 aromatic heterocycles. The molecule has 35 heavy (non-hydrogen) atoms. The average Bonchev–Trinajstić information content (AvgIpc) is 2.82. The number of hydrogen-bond acceptors (Lipinski definition) is 10. The van der Waals surface area contributed by atoms with E-state index in [4.69, 9.17) is 21.7 Å². The number of carboxylic acids is 1. The van der Waals surface area contributed by atoms with Gasteiger partial charge in [0.15, 0.2) is 17.4 Å². The van der Waals surface area contributed by atoms with Gasteiger partial charge < -0.3 is 31.7 Å². The van der Waals surface area contributed by atoms with Crippen molar-refractivity contribution in [2.75, 3.05) is 31.6 Å². The maximum absolute atomic E-state index is 14.4. The molecule has 1 aliphatic heterocycles. The van der Waals surface area contributed by atoms with E-state index in [0.29, 0.717) is 11.4 Å². The van der Waals surface area contributed by atoms with E-state index in [1.54, 1.807) is 6.07 Å². The monoisotopic (exact) mass is 483 g/mol.